The Balaban J connectivity index is 1.60. The number of benzene rings is 1. The number of carbonyl (C=O) groups is 1. The SMILES string of the molecule is CCOc1ccccc1C(=O)N1CC(Oc2cc(C(F)(F)F)ccn2)C1. The number of likely N-dealkylation sites (tertiary alicyclic amines) is 1. The molecule has 0 N–H and O–H groups in total. The molecule has 1 aromatic carbocycles. The number of alkyl halides is 3. The van der Waals surface area contributed by atoms with Crippen molar-refractivity contribution < 1.29 is 27.4 Å². The normalized spacial score (nSPS) is 14.7. The fourth-order valence-corrected chi connectivity index (χ4v) is 2.59. The first kappa shape index (κ1) is 18.0. The van der Waals surface area contributed by atoms with Crippen LogP contribution in [0.1, 0.15) is 22.8 Å². The molecule has 0 spiro atoms. The zero-order valence-electron chi connectivity index (χ0n) is 14.0. The number of nitrogens with zero attached hydrogens (tertiary/aromatic N) is 2. The van der Waals surface area contributed by atoms with E-state index in [1.807, 2.05) is 6.92 Å². The average molecular weight is 366 g/mol. The van der Waals surface area contributed by atoms with Crippen LogP contribution in [0.5, 0.6) is 11.6 Å². The minimum atomic E-state index is -4.45. The molecule has 0 saturated carbocycles. The van der Waals surface area contributed by atoms with Crippen molar-refractivity contribution in [3.8, 4) is 11.6 Å². The summed E-state index contributed by atoms with van der Waals surface area (Å²) in [6.07, 6.45) is -3.79. The second-order valence-corrected chi connectivity index (χ2v) is 5.76. The lowest BCUT2D eigenvalue weighted by atomic mass is 10.1. The molecular formula is C18H17F3N2O3. The summed E-state index contributed by atoms with van der Waals surface area (Å²) in [7, 11) is 0. The van der Waals surface area contributed by atoms with Gasteiger partial charge in [0.2, 0.25) is 5.88 Å². The molecule has 0 atom stereocenters. The fourth-order valence-electron chi connectivity index (χ4n) is 2.59. The molecule has 0 bridgehead atoms. The van der Waals surface area contributed by atoms with E-state index in [-0.39, 0.29) is 24.9 Å². The number of carbonyl (C=O) groups excluding carboxylic acids is 1. The summed E-state index contributed by atoms with van der Waals surface area (Å²) in [6.45, 7) is 2.82. The number of aromatic nitrogens is 1. The number of para-hydroxylation sites is 1. The van der Waals surface area contributed by atoms with Gasteiger partial charge in [-0.2, -0.15) is 13.2 Å². The van der Waals surface area contributed by atoms with Crippen molar-refractivity contribution >= 4 is 5.91 Å². The monoisotopic (exact) mass is 366 g/mol. The van der Waals surface area contributed by atoms with E-state index in [9.17, 15) is 18.0 Å². The highest BCUT2D eigenvalue weighted by molar-refractivity contribution is 5.97. The Morgan fingerprint density at radius 2 is 2.00 bits per heavy atom. The Kier molecular flexibility index (Phi) is 5.01. The summed E-state index contributed by atoms with van der Waals surface area (Å²) >= 11 is 0. The number of hydrogen-bond acceptors (Lipinski definition) is 4. The van der Waals surface area contributed by atoms with E-state index in [1.165, 1.54) is 0 Å². The number of ether oxygens (including phenoxy) is 2. The first-order chi connectivity index (χ1) is 12.4. The molecule has 1 saturated heterocycles. The average Bonchev–Trinajstić information content (AvgIpc) is 2.57. The summed E-state index contributed by atoms with van der Waals surface area (Å²) in [4.78, 5) is 17.9. The van der Waals surface area contributed by atoms with Gasteiger partial charge in [0.15, 0.2) is 0 Å². The molecule has 1 fully saturated rings. The molecule has 1 amide bonds. The van der Waals surface area contributed by atoms with Crippen LogP contribution in [-0.4, -0.2) is 41.6 Å². The van der Waals surface area contributed by atoms with Crippen molar-refractivity contribution in [1.29, 1.82) is 0 Å². The Morgan fingerprint density at radius 1 is 1.27 bits per heavy atom. The summed E-state index contributed by atoms with van der Waals surface area (Å²) in [5.74, 6) is 0.196. The third-order valence-electron chi connectivity index (χ3n) is 3.90. The van der Waals surface area contributed by atoms with Crippen molar-refractivity contribution in [2.75, 3.05) is 19.7 Å². The van der Waals surface area contributed by atoms with E-state index in [2.05, 4.69) is 4.98 Å². The van der Waals surface area contributed by atoms with E-state index < -0.39 is 17.8 Å². The lowest BCUT2D eigenvalue weighted by Crippen LogP contribution is -2.56. The van der Waals surface area contributed by atoms with Crippen LogP contribution in [0.25, 0.3) is 0 Å². The van der Waals surface area contributed by atoms with Gasteiger partial charge in [0.25, 0.3) is 5.91 Å². The van der Waals surface area contributed by atoms with Crippen molar-refractivity contribution in [3.63, 3.8) is 0 Å². The zero-order valence-corrected chi connectivity index (χ0v) is 14.0. The molecule has 138 valence electrons. The van der Waals surface area contributed by atoms with Crippen molar-refractivity contribution in [2.24, 2.45) is 0 Å². The maximum atomic E-state index is 12.7. The van der Waals surface area contributed by atoms with Crippen LogP contribution in [0, 0.1) is 0 Å². The largest absolute Gasteiger partial charge is 0.493 e. The molecule has 8 heteroatoms. The van der Waals surface area contributed by atoms with E-state index in [4.69, 9.17) is 9.47 Å². The van der Waals surface area contributed by atoms with E-state index >= 15 is 0 Å². The minimum absolute atomic E-state index is 0.105. The molecule has 26 heavy (non-hydrogen) atoms. The van der Waals surface area contributed by atoms with Gasteiger partial charge in [-0.25, -0.2) is 4.98 Å². The highest BCUT2D eigenvalue weighted by Gasteiger charge is 2.35. The number of rotatable bonds is 5. The Labute approximate surface area is 148 Å². The number of hydrogen-bond donors (Lipinski definition) is 0. The summed E-state index contributed by atoms with van der Waals surface area (Å²) < 4.78 is 49.0. The topological polar surface area (TPSA) is 51.7 Å². The summed E-state index contributed by atoms with van der Waals surface area (Å²) in [5.41, 5.74) is -0.370. The molecule has 0 aliphatic carbocycles. The molecule has 5 nitrogen and oxygen atoms in total. The maximum Gasteiger partial charge on any atom is 0.416 e. The fraction of sp³-hybridized carbons (Fsp3) is 0.333. The minimum Gasteiger partial charge on any atom is -0.493 e. The molecule has 1 aliphatic rings. The van der Waals surface area contributed by atoms with Crippen molar-refractivity contribution in [3.05, 3.63) is 53.7 Å². The Hall–Kier alpha value is -2.77. The smallest absolute Gasteiger partial charge is 0.416 e. The second kappa shape index (κ2) is 7.23. The lowest BCUT2D eigenvalue weighted by molar-refractivity contribution is -0.137. The van der Waals surface area contributed by atoms with Crippen molar-refractivity contribution in [1.82, 2.24) is 9.88 Å². The zero-order chi connectivity index (χ0) is 18.7. The van der Waals surface area contributed by atoms with E-state index in [0.29, 0.717) is 17.9 Å². The highest BCUT2D eigenvalue weighted by Crippen LogP contribution is 2.31. The Bertz CT molecular complexity index is 789. The quantitative estimate of drug-likeness (QED) is 0.814. The van der Waals surface area contributed by atoms with E-state index in [0.717, 1.165) is 18.3 Å². The summed E-state index contributed by atoms with van der Waals surface area (Å²) in [6, 6.07) is 8.66. The molecule has 0 radical (unpaired) electrons. The van der Waals surface area contributed by atoms with Gasteiger partial charge < -0.3 is 14.4 Å². The first-order valence-corrected chi connectivity index (χ1v) is 8.09. The van der Waals surface area contributed by atoms with Crippen LogP contribution in [0.4, 0.5) is 13.2 Å². The van der Waals surface area contributed by atoms with Gasteiger partial charge in [0.05, 0.1) is 30.8 Å². The number of pyridine rings is 1. The molecule has 3 rings (SSSR count). The van der Waals surface area contributed by atoms with Crippen LogP contribution < -0.4 is 9.47 Å². The predicted molar refractivity (Wildman–Crippen MR) is 87.2 cm³/mol. The van der Waals surface area contributed by atoms with Gasteiger partial charge >= 0.3 is 6.18 Å². The van der Waals surface area contributed by atoms with Crippen LogP contribution in [0.3, 0.4) is 0 Å². The third-order valence-corrected chi connectivity index (χ3v) is 3.90. The number of halogens is 3. The van der Waals surface area contributed by atoms with Crippen molar-refractivity contribution in [2.45, 2.75) is 19.2 Å². The van der Waals surface area contributed by atoms with Gasteiger partial charge in [-0.3, -0.25) is 4.79 Å². The second-order valence-electron chi connectivity index (χ2n) is 5.76. The molecule has 2 aromatic rings. The van der Waals surface area contributed by atoms with Gasteiger partial charge in [-0.05, 0) is 25.1 Å². The highest BCUT2D eigenvalue weighted by atomic mass is 19.4. The van der Waals surface area contributed by atoms with Crippen LogP contribution in [0.2, 0.25) is 0 Å². The molecule has 1 aromatic heterocycles. The van der Waals surface area contributed by atoms with Gasteiger partial charge in [0.1, 0.15) is 11.9 Å². The van der Waals surface area contributed by atoms with Gasteiger partial charge in [-0.15, -0.1) is 0 Å². The van der Waals surface area contributed by atoms with Crippen LogP contribution in [-0.2, 0) is 6.18 Å². The van der Waals surface area contributed by atoms with Gasteiger partial charge in [0, 0.05) is 12.3 Å². The van der Waals surface area contributed by atoms with Crippen LogP contribution >= 0.6 is 0 Å². The predicted octanol–water partition coefficient (Wildman–Crippen LogP) is 3.40. The molecule has 0 unspecified atom stereocenters. The standard InChI is InChI=1S/C18H17F3N2O3/c1-2-25-15-6-4-3-5-14(15)17(24)23-10-13(11-23)26-16-9-12(7-8-22-16)18(19,20)21/h3-9,13H,2,10-11H2,1H3. The first-order valence-electron chi connectivity index (χ1n) is 8.09. The van der Waals surface area contributed by atoms with E-state index in [1.54, 1.807) is 29.2 Å². The summed E-state index contributed by atoms with van der Waals surface area (Å²) in [5, 5.41) is 0. The molecule has 2 heterocycles. The Morgan fingerprint density at radius 3 is 2.69 bits per heavy atom. The van der Waals surface area contributed by atoms with Gasteiger partial charge in [-0.1, -0.05) is 12.1 Å². The maximum absolute atomic E-state index is 12.7. The lowest BCUT2D eigenvalue weighted by Gasteiger charge is -2.38. The third kappa shape index (κ3) is 3.89. The molecular weight excluding hydrogens is 349 g/mol. The number of amides is 1. The van der Waals surface area contributed by atoms with Crippen LogP contribution in [0.15, 0.2) is 42.6 Å². The molecule has 1 aliphatic heterocycles.